The van der Waals surface area contributed by atoms with Crippen LogP contribution < -0.4 is 0 Å². The minimum Gasteiger partial charge on any atom is -0.206 e. The lowest BCUT2D eigenvalue weighted by molar-refractivity contribution is 0.611. The molecule has 1 aromatic heterocycles. The average Bonchev–Trinajstić information content (AvgIpc) is 2.54. The van der Waals surface area contributed by atoms with Crippen molar-refractivity contribution in [2.24, 2.45) is 0 Å². The van der Waals surface area contributed by atoms with E-state index in [1.54, 1.807) is 18.3 Å². The molecule has 2 rings (SSSR count). The van der Waals surface area contributed by atoms with Crippen LogP contribution in [-0.4, -0.2) is 0 Å². The summed E-state index contributed by atoms with van der Waals surface area (Å²) in [5, 5.41) is 3.61. The molecule has 0 aliphatic heterocycles. The summed E-state index contributed by atoms with van der Waals surface area (Å²) in [7, 11) is 0. The van der Waals surface area contributed by atoms with Crippen LogP contribution in [0.25, 0.3) is 10.1 Å². The van der Waals surface area contributed by atoms with Gasteiger partial charge in [-0.2, -0.15) is 0 Å². The SMILES string of the molecule is Cc1cc2sccc2c(CBr)c1F. The number of rotatable bonds is 1. The molecule has 1 heterocycles. The Morgan fingerprint density at radius 2 is 2.31 bits per heavy atom. The van der Waals surface area contributed by atoms with Crippen LogP contribution in [-0.2, 0) is 5.33 Å². The van der Waals surface area contributed by atoms with E-state index >= 15 is 0 Å². The zero-order valence-electron chi connectivity index (χ0n) is 7.10. The summed E-state index contributed by atoms with van der Waals surface area (Å²) in [6.45, 7) is 1.81. The molecule has 0 aliphatic rings. The fourth-order valence-corrected chi connectivity index (χ4v) is 2.89. The summed E-state index contributed by atoms with van der Waals surface area (Å²) >= 11 is 4.97. The number of fused-ring (bicyclic) bond motifs is 1. The van der Waals surface area contributed by atoms with Crippen LogP contribution in [0.5, 0.6) is 0 Å². The molecular formula is C10H8BrFS. The van der Waals surface area contributed by atoms with Gasteiger partial charge in [-0.3, -0.25) is 0 Å². The van der Waals surface area contributed by atoms with Crippen molar-refractivity contribution in [2.75, 3.05) is 0 Å². The minimum absolute atomic E-state index is 0.0808. The Hall–Kier alpha value is -0.410. The van der Waals surface area contributed by atoms with E-state index in [2.05, 4.69) is 15.9 Å². The second-order valence-electron chi connectivity index (χ2n) is 2.95. The molecule has 13 heavy (non-hydrogen) atoms. The highest BCUT2D eigenvalue weighted by molar-refractivity contribution is 9.08. The number of hydrogen-bond acceptors (Lipinski definition) is 1. The van der Waals surface area contributed by atoms with E-state index in [1.165, 1.54) is 0 Å². The van der Waals surface area contributed by atoms with Crippen LogP contribution in [0, 0.1) is 12.7 Å². The lowest BCUT2D eigenvalue weighted by Crippen LogP contribution is -1.90. The molecule has 0 aliphatic carbocycles. The molecule has 0 radical (unpaired) electrons. The first-order valence-corrected chi connectivity index (χ1v) is 5.95. The van der Waals surface area contributed by atoms with Crippen molar-refractivity contribution in [1.29, 1.82) is 0 Å². The molecular weight excluding hydrogens is 251 g/mol. The van der Waals surface area contributed by atoms with Crippen LogP contribution in [0.3, 0.4) is 0 Å². The maximum atomic E-state index is 13.6. The summed E-state index contributed by atoms with van der Waals surface area (Å²) in [6.07, 6.45) is 0. The minimum atomic E-state index is -0.0808. The first kappa shape index (κ1) is 9.16. The predicted octanol–water partition coefficient (Wildman–Crippen LogP) is 4.24. The number of aryl methyl sites for hydroxylation is 1. The molecule has 0 amide bonds. The van der Waals surface area contributed by atoms with E-state index in [1.807, 2.05) is 17.5 Å². The molecule has 0 atom stereocenters. The molecule has 0 bridgehead atoms. The van der Waals surface area contributed by atoms with Crippen molar-refractivity contribution in [3.8, 4) is 0 Å². The molecule has 3 heteroatoms. The smallest absolute Gasteiger partial charge is 0.130 e. The van der Waals surface area contributed by atoms with Crippen molar-refractivity contribution in [3.05, 3.63) is 34.5 Å². The van der Waals surface area contributed by atoms with Gasteiger partial charge in [0, 0.05) is 15.6 Å². The fraction of sp³-hybridized carbons (Fsp3) is 0.200. The highest BCUT2D eigenvalue weighted by Crippen LogP contribution is 2.29. The zero-order valence-corrected chi connectivity index (χ0v) is 9.51. The van der Waals surface area contributed by atoms with Gasteiger partial charge in [0.15, 0.2) is 0 Å². The first-order chi connectivity index (χ1) is 6.24. The van der Waals surface area contributed by atoms with Crippen molar-refractivity contribution in [2.45, 2.75) is 12.3 Å². The monoisotopic (exact) mass is 258 g/mol. The van der Waals surface area contributed by atoms with Gasteiger partial charge in [-0.1, -0.05) is 15.9 Å². The maximum Gasteiger partial charge on any atom is 0.130 e. The van der Waals surface area contributed by atoms with Crippen LogP contribution >= 0.6 is 27.3 Å². The highest BCUT2D eigenvalue weighted by atomic mass is 79.9. The largest absolute Gasteiger partial charge is 0.206 e. The zero-order chi connectivity index (χ0) is 9.42. The van der Waals surface area contributed by atoms with Gasteiger partial charge >= 0.3 is 0 Å². The normalized spacial score (nSPS) is 11.0. The topological polar surface area (TPSA) is 0 Å². The summed E-state index contributed by atoms with van der Waals surface area (Å²) in [6, 6.07) is 3.88. The van der Waals surface area contributed by atoms with Gasteiger partial charge in [0.2, 0.25) is 0 Å². The van der Waals surface area contributed by atoms with Crippen LogP contribution in [0.4, 0.5) is 4.39 Å². The Morgan fingerprint density at radius 3 is 3.00 bits per heavy atom. The van der Waals surface area contributed by atoms with Gasteiger partial charge in [0.05, 0.1) is 0 Å². The van der Waals surface area contributed by atoms with Gasteiger partial charge in [-0.25, -0.2) is 4.39 Å². The number of hydrogen-bond donors (Lipinski definition) is 0. The van der Waals surface area contributed by atoms with E-state index in [0.29, 0.717) is 5.33 Å². The molecule has 0 fully saturated rings. The van der Waals surface area contributed by atoms with Crippen LogP contribution in [0.1, 0.15) is 11.1 Å². The molecule has 2 aromatic rings. The first-order valence-electron chi connectivity index (χ1n) is 3.95. The van der Waals surface area contributed by atoms with Gasteiger partial charge in [0.25, 0.3) is 0 Å². The van der Waals surface area contributed by atoms with Crippen molar-refractivity contribution < 1.29 is 4.39 Å². The van der Waals surface area contributed by atoms with E-state index in [9.17, 15) is 4.39 Å². The molecule has 0 saturated heterocycles. The predicted molar refractivity (Wildman–Crippen MR) is 59.2 cm³/mol. The van der Waals surface area contributed by atoms with E-state index in [4.69, 9.17) is 0 Å². The molecule has 0 saturated carbocycles. The summed E-state index contributed by atoms with van der Waals surface area (Å²) in [5.74, 6) is -0.0808. The summed E-state index contributed by atoms with van der Waals surface area (Å²) in [4.78, 5) is 0. The van der Waals surface area contributed by atoms with E-state index in [0.717, 1.165) is 21.2 Å². The fourth-order valence-electron chi connectivity index (χ4n) is 1.43. The number of alkyl halides is 1. The standard InChI is InChI=1S/C10H8BrFS/c1-6-4-9-7(2-3-13-9)8(5-11)10(6)12/h2-4H,5H2,1H3. The van der Waals surface area contributed by atoms with Crippen LogP contribution in [0.2, 0.25) is 0 Å². The Balaban J connectivity index is 2.87. The van der Waals surface area contributed by atoms with Crippen molar-refractivity contribution >= 4 is 37.4 Å². The Kier molecular flexibility index (Phi) is 2.39. The second-order valence-corrected chi connectivity index (χ2v) is 4.46. The molecule has 1 aromatic carbocycles. The Morgan fingerprint density at radius 1 is 1.54 bits per heavy atom. The van der Waals surface area contributed by atoms with Gasteiger partial charge < -0.3 is 0 Å². The lowest BCUT2D eigenvalue weighted by Gasteiger charge is -2.04. The summed E-state index contributed by atoms with van der Waals surface area (Å²) in [5.41, 5.74) is 1.50. The molecule has 0 unspecified atom stereocenters. The summed E-state index contributed by atoms with van der Waals surface area (Å²) < 4.78 is 14.7. The molecule has 0 N–H and O–H groups in total. The average molecular weight is 259 g/mol. The number of thiophene rings is 1. The van der Waals surface area contributed by atoms with Gasteiger partial charge in [0.1, 0.15) is 5.82 Å². The third-order valence-corrected chi connectivity index (χ3v) is 3.54. The molecule has 68 valence electrons. The molecule has 0 spiro atoms. The van der Waals surface area contributed by atoms with Gasteiger partial charge in [-0.05, 0) is 35.4 Å². The van der Waals surface area contributed by atoms with E-state index < -0.39 is 0 Å². The third-order valence-electron chi connectivity index (χ3n) is 2.11. The Labute approximate surface area is 88.5 Å². The maximum absolute atomic E-state index is 13.6. The Bertz CT molecular complexity index is 447. The molecule has 0 nitrogen and oxygen atoms in total. The second kappa shape index (κ2) is 3.39. The van der Waals surface area contributed by atoms with Crippen molar-refractivity contribution in [3.63, 3.8) is 0 Å². The number of benzene rings is 1. The number of halogens is 2. The third kappa shape index (κ3) is 1.40. The van der Waals surface area contributed by atoms with E-state index in [-0.39, 0.29) is 5.82 Å². The lowest BCUT2D eigenvalue weighted by atomic mass is 10.1. The highest BCUT2D eigenvalue weighted by Gasteiger charge is 2.10. The van der Waals surface area contributed by atoms with Gasteiger partial charge in [-0.15, -0.1) is 11.3 Å². The quantitative estimate of drug-likeness (QED) is 0.672. The van der Waals surface area contributed by atoms with Crippen molar-refractivity contribution in [1.82, 2.24) is 0 Å². The van der Waals surface area contributed by atoms with Crippen LogP contribution in [0.15, 0.2) is 17.5 Å².